The van der Waals surface area contributed by atoms with Crippen molar-refractivity contribution in [3.63, 3.8) is 0 Å². The fourth-order valence-electron chi connectivity index (χ4n) is 1.29. The summed E-state index contributed by atoms with van der Waals surface area (Å²) in [5.41, 5.74) is 0.873. The molecule has 0 aromatic rings. The molecule has 58 valence electrons. The molecule has 0 amide bonds. The van der Waals surface area contributed by atoms with Crippen molar-refractivity contribution in [2.45, 2.75) is 31.8 Å². The highest BCUT2D eigenvalue weighted by Crippen LogP contribution is 2.17. The fraction of sp³-hybridized carbons (Fsp3) is 0.857. The third-order valence-corrected chi connectivity index (χ3v) is 1.93. The molecule has 1 rings (SSSR count). The first kappa shape index (κ1) is 7.54. The lowest BCUT2D eigenvalue weighted by Crippen LogP contribution is -2.21. The summed E-state index contributed by atoms with van der Waals surface area (Å²) in [7, 11) is 1.70. The summed E-state index contributed by atoms with van der Waals surface area (Å²) < 4.78 is 5.13. The number of hydrogen-bond donors (Lipinski definition) is 1. The molecule has 0 aromatic heterocycles. The number of hydrogen-bond acceptors (Lipinski definition) is 3. The predicted octanol–water partition coefficient (Wildman–Crippen LogP) is 1.41. The van der Waals surface area contributed by atoms with E-state index in [1.807, 2.05) is 0 Å². The monoisotopic (exact) mass is 143 g/mol. The molecule has 10 heavy (non-hydrogen) atoms. The summed E-state index contributed by atoms with van der Waals surface area (Å²) in [5, 5.41) is 11.6. The Bertz CT molecular complexity index is 134. The maximum atomic E-state index is 8.44. The molecule has 0 aromatic carbocycles. The molecule has 1 N–H and O–H groups in total. The van der Waals surface area contributed by atoms with E-state index in [1.54, 1.807) is 7.11 Å². The smallest absolute Gasteiger partial charge is 0.0624 e. The Labute approximate surface area is 60.7 Å². The molecule has 0 spiro atoms. The number of rotatable bonds is 1. The van der Waals surface area contributed by atoms with Crippen LogP contribution in [0.2, 0.25) is 0 Å². The van der Waals surface area contributed by atoms with E-state index < -0.39 is 0 Å². The van der Waals surface area contributed by atoms with Gasteiger partial charge < -0.3 is 9.94 Å². The third kappa shape index (κ3) is 1.70. The second-order valence-corrected chi connectivity index (χ2v) is 2.62. The van der Waals surface area contributed by atoms with E-state index in [0.717, 1.165) is 31.4 Å². The van der Waals surface area contributed by atoms with E-state index >= 15 is 0 Å². The summed E-state index contributed by atoms with van der Waals surface area (Å²) in [5.74, 6) is 0. The molecule has 1 aliphatic rings. The second-order valence-electron chi connectivity index (χ2n) is 2.62. The fourth-order valence-corrected chi connectivity index (χ4v) is 1.29. The number of nitrogens with zero attached hydrogens (tertiary/aromatic N) is 1. The first-order valence-electron chi connectivity index (χ1n) is 3.59. The zero-order valence-corrected chi connectivity index (χ0v) is 6.21. The van der Waals surface area contributed by atoms with E-state index in [9.17, 15) is 0 Å². The van der Waals surface area contributed by atoms with Crippen LogP contribution >= 0.6 is 0 Å². The Morgan fingerprint density at radius 3 is 3.10 bits per heavy atom. The van der Waals surface area contributed by atoms with E-state index in [4.69, 9.17) is 9.94 Å². The van der Waals surface area contributed by atoms with Crippen LogP contribution in [0.25, 0.3) is 0 Å². The van der Waals surface area contributed by atoms with Gasteiger partial charge in [0.05, 0.1) is 11.8 Å². The first-order chi connectivity index (χ1) is 4.86. The van der Waals surface area contributed by atoms with Crippen molar-refractivity contribution in [2.24, 2.45) is 5.16 Å². The largest absolute Gasteiger partial charge is 0.411 e. The van der Waals surface area contributed by atoms with Crippen LogP contribution in [0.3, 0.4) is 0 Å². The van der Waals surface area contributed by atoms with Crippen molar-refractivity contribution in [1.29, 1.82) is 0 Å². The second kappa shape index (κ2) is 3.56. The molecule has 0 radical (unpaired) electrons. The summed E-state index contributed by atoms with van der Waals surface area (Å²) >= 11 is 0. The molecule has 1 fully saturated rings. The zero-order valence-electron chi connectivity index (χ0n) is 6.21. The average molecular weight is 143 g/mol. The van der Waals surface area contributed by atoms with Gasteiger partial charge >= 0.3 is 0 Å². The highest BCUT2D eigenvalue weighted by molar-refractivity contribution is 5.84. The van der Waals surface area contributed by atoms with Gasteiger partial charge in [-0.25, -0.2) is 0 Å². The lowest BCUT2D eigenvalue weighted by Gasteiger charge is -2.20. The molecular formula is C7H13NO2. The Morgan fingerprint density at radius 2 is 2.50 bits per heavy atom. The van der Waals surface area contributed by atoms with Crippen molar-refractivity contribution >= 4 is 5.71 Å². The van der Waals surface area contributed by atoms with Gasteiger partial charge in [0.25, 0.3) is 0 Å². The van der Waals surface area contributed by atoms with Gasteiger partial charge in [0.1, 0.15) is 0 Å². The highest BCUT2D eigenvalue weighted by Gasteiger charge is 2.17. The summed E-state index contributed by atoms with van der Waals surface area (Å²) in [6.07, 6.45) is 4.18. The Kier molecular flexibility index (Phi) is 2.68. The minimum Gasteiger partial charge on any atom is -0.411 e. The van der Waals surface area contributed by atoms with Gasteiger partial charge in [0, 0.05) is 13.5 Å². The van der Waals surface area contributed by atoms with E-state index in [-0.39, 0.29) is 6.10 Å². The Morgan fingerprint density at radius 1 is 1.70 bits per heavy atom. The Balaban J connectivity index is 2.39. The van der Waals surface area contributed by atoms with E-state index in [1.165, 1.54) is 0 Å². The van der Waals surface area contributed by atoms with Gasteiger partial charge in [-0.2, -0.15) is 0 Å². The van der Waals surface area contributed by atoms with Crippen molar-refractivity contribution in [3.05, 3.63) is 0 Å². The van der Waals surface area contributed by atoms with Crippen molar-refractivity contribution in [2.75, 3.05) is 7.11 Å². The van der Waals surface area contributed by atoms with Crippen LogP contribution in [0, 0.1) is 0 Å². The van der Waals surface area contributed by atoms with E-state index in [0.29, 0.717) is 0 Å². The predicted molar refractivity (Wildman–Crippen MR) is 38.5 cm³/mol. The number of oxime groups is 1. The van der Waals surface area contributed by atoms with Crippen molar-refractivity contribution in [1.82, 2.24) is 0 Å². The molecule has 0 heterocycles. The molecule has 1 unspecified atom stereocenters. The van der Waals surface area contributed by atoms with Crippen LogP contribution in [0.1, 0.15) is 25.7 Å². The molecule has 0 bridgehead atoms. The average Bonchev–Trinajstić information content (AvgIpc) is 2.05. The molecule has 3 nitrogen and oxygen atoms in total. The highest BCUT2D eigenvalue weighted by atomic mass is 16.5. The van der Waals surface area contributed by atoms with Crippen molar-refractivity contribution < 1.29 is 9.94 Å². The first-order valence-corrected chi connectivity index (χ1v) is 3.59. The third-order valence-electron chi connectivity index (χ3n) is 1.93. The topological polar surface area (TPSA) is 41.8 Å². The van der Waals surface area contributed by atoms with Crippen LogP contribution in [0.4, 0.5) is 0 Å². The van der Waals surface area contributed by atoms with Gasteiger partial charge in [-0.1, -0.05) is 5.16 Å². The lowest BCUT2D eigenvalue weighted by atomic mass is 9.96. The van der Waals surface area contributed by atoms with Gasteiger partial charge in [0.15, 0.2) is 0 Å². The van der Waals surface area contributed by atoms with Gasteiger partial charge in [-0.15, -0.1) is 0 Å². The molecule has 0 saturated heterocycles. The number of methoxy groups -OCH3 is 1. The standard InChI is InChI=1S/C7H13NO2/c1-10-7-4-2-3-6(5-7)8-9/h7,9H,2-5H2,1H3/b8-6-. The lowest BCUT2D eigenvalue weighted by molar-refractivity contribution is 0.0931. The molecule has 0 aliphatic heterocycles. The van der Waals surface area contributed by atoms with Gasteiger partial charge in [-0.05, 0) is 19.3 Å². The van der Waals surface area contributed by atoms with Crippen LogP contribution < -0.4 is 0 Å². The summed E-state index contributed by atoms with van der Waals surface area (Å²) in [6, 6.07) is 0. The van der Waals surface area contributed by atoms with Gasteiger partial charge in [0.2, 0.25) is 0 Å². The molecule has 1 saturated carbocycles. The van der Waals surface area contributed by atoms with Crippen LogP contribution in [-0.4, -0.2) is 24.1 Å². The van der Waals surface area contributed by atoms with Crippen LogP contribution in [0.15, 0.2) is 5.16 Å². The quantitative estimate of drug-likeness (QED) is 0.445. The molecular weight excluding hydrogens is 130 g/mol. The van der Waals surface area contributed by atoms with Crippen molar-refractivity contribution in [3.8, 4) is 0 Å². The molecule has 1 aliphatic carbocycles. The van der Waals surface area contributed by atoms with Gasteiger partial charge in [-0.3, -0.25) is 0 Å². The maximum Gasteiger partial charge on any atom is 0.0624 e. The van der Waals surface area contributed by atoms with Crippen LogP contribution in [0.5, 0.6) is 0 Å². The molecule has 3 heteroatoms. The Hall–Kier alpha value is -0.570. The normalized spacial score (nSPS) is 30.9. The summed E-state index contributed by atoms with van der Waals surface area (Å²) in [6.45, 7) is 0. The maximum absolute atomic E-state index is 8.44. The zero-order chi connectivity index (χ0) is 7.40. The minimum atomic E-state index is 0.277. The number of ether oxygens (including phenoxy) is 1. The van der Waals surface area contributed by atoms with Crippen LogP contribution in [-0.2, 0) is 4.74 Å². The summed E-state index contributed by atoms with van der Waals surface area (Å²) in [4.78, 5) is 0. The SMILES string of the molecule is COC1CCC/C(=N/O)C1. The van der Waals surface area contributed by atoms with E-state index in [2.05, 4.69) is 5.16 Å². The minimum absolute atomic E-state index is 0.277. The molecule has 1 atom stereocenters.